The van der Waals surface area contributed by atoms with E-state index in [9.17, 15) is 9.90 Å². The predicted molar refractivity (Wildman–Crippen MR) is 95.4 cm³/mol. The van der Waals surface area contributed by atoms with Gasteiger partial charge in [-0.15, -0.1) is 0 Å². The number of hydrogen-bond acceptors (Lipinski definition) is 2. The highest BCUT2D eigenvalue weighted by Crippen LogP contribution is 2.54. The Morgan fingerprint density at radius 1 is 1.25 bits per heavy atom. The SMILES string of the molecule is O=C(C1CC1c1cccc(Cl)c1Cl)N1CCC12CCC(CO)CC2. The fraction of sp³-hybridized carbons (Fsp3) is 0.632. The van der Waals surface area contributed by atoms with E-state index in [1.165, 1.54) is 0 Å². The molecule has 5 heteroatoms. The van der Waals surface area contributed by atoms with Gasteiger partial charge in [-0.2, -0.15) is 0 Å². The molecule has 2 unspecified atom stereocenters. The van der Waals surface area contributed by atoms with Crippen molar-refractivity contribution in [3.63, 3.8) is 0 Å². The lowest BCUT2D eigenvalue weighted by molar-refractivity contribution is -0.153. The highest BCUT2D eigenvalue weighted by atomic mass is 35.5. The summed E-state index contributed by atoms with van der Waals surface area (Å²) < 4.78 is 0. The van der Waals surface area contributed by atoms with Gasteiger partial charge in [0, 0.05) is 24.6 Å². The lowest BCUT2D eigenvalue weighted by Gasteiger charge is -2.56. The van der Waals surface area contributed by atoms with Crippen LogP contribution in [0.25, 0.3) is 0 Å². The molecule has 1 aliphatic heterocycles. The van der Waals surface area contributed by atoms with E-state index >= 15 is 0 Å². The Balaban J connectivity index is 1.43. The molecule has 3 nitrogen and oxygen atoms in total. The average Bonchev–Trinajstić information content (AvgIpc) is 3.37. The number of aliphatic hydroxyl groups excluding tert-OH is 1. The smallest absolute Gasteiger partial charge is 0.226 e. The molecule has 1 aromatic carbocycles. The van der Waals surface area contributed by atoms with Crippen LogP contribution in [-0.4, -0.2) is 34.6 Å². The van der Waals surface area contributed by atoms with Gasteiger partial charge in [-0.25, -0.2) is 0 Å². The van der Waals surface area contributed by atoms with Gasteiger partial charge in [0.15, 0.2) is 0 Å². The van der Waals surface area contributed by atoms with Crippen molar-refractivity contribution in [2.75, 3.05) is 13.2 Å². The predicted octanol–water partition coefficient (Wildman–Crippen LogP) is 4.25. The summed E-state index contributed by atoms with van der Waals surface area (Å²) in [6.45, 7) is 1.16. The maximum Gasteiger partial charge on any atom is 0.226 e. The molecule has 24 heavy (non-hydrogen) atoms. The fourth-order valence-electron chi connectivity index (χ4n) is 4.62. The Morgan fingerprint density at radius 2 is 2.00 bits per heavy atom. The zero-order valence-corrected chi connectivity index (χ0v) is 15.2. The second-order valence-corrected chi connectivity index (χ2v) is 8.47. The number of nitrogens with zero attached hydrogens (tertiary/aromatic N) is 1. The van der Waals surface area contributed by atoms with E-state index in [1.54, 1.807) is 6.07 Å². The number of carbonyl (C=O) groups is 1. The Bertz CT molecular complexity index is 655. The molecule has 3 aliphatic rings. The summed E-state index contributed by atoms with van der Waals surface area (Å²) in [5.41, 5.74) is 1.09. The molecule has 3 fully saturated rings. The van der Waals surface area contributed by atoms with Crippen LogP contribution in [0.1, 0.15) is 50.0 Å². The van der Waals surface area contributed by atoms with Gasteiger partial charge in [-0.3, -0.25) is 4.79 Å². The van der Waals surface area contributed by atoms with Gasteiger partial charge in [0.05, 0.1) is 10.0 Å². The number of benzene rings is 1. The van der Waals surface area contributed by atoms with Crippen LogP contribution >= 0.6 is 23.2 Å². The van der Waals surface area contributed by atoms with Crippen molar-refractivity contribution in [1.29, 1.82) is 0 Å². The molecule has 4 rings (SSSR count). The summed E-state index contributed by atoms with van der Waals surface area (Å²) in [5.74, 6) is 1.00. The molecule has 1 saturated heterocycles. The lowest BCUT2D eigenvalue weighted by Crippen LogP contribution is -2.63. The Kier molecular flexibility index (Phi) is 4.30. The molecule has 1 heterocycles. The van der Waals surface area contributed by atoms with E-state index in [0.29, 0.717) is 21.9 Å². The molecular weight excluding hydrogens is 345 g/mol. The van der Waals surface area contributed by atoms with Crippen molar-refractivity contribution < 1.29 is 9.90 Å². The zero-order chi connectivity index (χ0) is 16.9. The first-order valence-corrected chi connectivity index (χ1v) is 9.67. The van der Waals surface area contributed by atoms with Gasteiger partial charge in [0.25, 0.3) is 0 Å². The first-order chi connectivity index (χ1) is 11.6. The molecule has 2 aliphatic carbocycles. The number of carbonyl (C=O) groups excluding carboxylic acids is 1. The maximum absolute atomic E-state index is 13.0. The number of rotatable bonds is 3. The molecule has 2 saturated carbocycles. The van der Waals surface area contributed by atoms with Gasteiger partial charge < -0.3 is 10.0 Å². The normalized spacial score (nSPS) is 35.0. The number of likely N-dealkylation sites (tertiary alicyclic amines) is 1. The maximum atomic E-state index is 13.0. The molecule has 1 amide bonds. The Labute approximate surface area is 152 Å². The molecule has 0 aromatic heterocycles. The van der Waals surface area contributed by atoms with E-state index < -0.39 is 0 Å². The van der Waals surface area contributed by atoms with Gasteiger partial charge in [0.1, 0.15) is 0 Å². The average molecular weight is 368 g/mol. The minimum atomic E-state index is 0.0636. The Morgan fingerprint density at radius 3 is 2.62 bits per heavy atom. The third-order valence-corrected chi connectivity index (χ3v) is 7.26. The fourth-order valence-corrected chi connectivity index (χ4v) is 5.07. The van der Waals surface area contributed by atoms with Gasteiger partial charge >= 0.3 is 0 Å². The zero-order valence-electron chi connectivity index (χ0n) is 13.7. The van der Waals surface area contributed by atoms with Crippen LogP contribution in [0, 0.1) is 11.8 Å². The molecule has 130 valence electrons. The van der Waals surface area contributed by atoms with E-state index in [-0.39, 0.29) is 24.0 Å². The largest absolute Gasteiger partial charge is 0.396 e. The lowest BCUT2D eigenvalue weighted by atomic mass is 9.69. The number of halogens is 2. The highest BCUT2D eigenvalue weighted by molar-refractivity contribution is 6.42. The number of aliphatic hydroxyl groups is 1. The minimum absolute atomic E-state index is 0.0636. The van der Waals surface area contributed by atoms with Crippen LogP contribution in [0.5, 0.6) is 0 Å². The van der Waals surface area contributed by atoms with Crippen LogP contribution < -0.4 is 0 Å². The van der Waals surface area contributed by atoms with E-state index in [2.05, 4.69) is 4.90 Å². The van der Waals surface area contributed by atoms with Crippen molar-refractivity contribution in [1.82, 2.24) is 4.90 Å². The summed E-state index contributed by atoms with van der Waals surface area (Å²) in [6, 6.07) is 5.69. The monoisotopic (exact) mass is 367 g/mol. The van der Waals surface area contributed by atoms with E-state index in [4.69, 9.17) is 23.2 Å². The molecule has 0 bridgehead atoms. The molecule has 1 aromatic rings. The second-order valence-electron chi connectivity index (χ2n) is 7.68. The molecule has 1 spiro atoms. The molecular formula is C19H23Cl2NO2. The van der Waals surface area contributed by atoms with Crippen molar-refractivity contribution >= 4 is 29.1 Å². The van der Waals surface area contributed by atoms with E-state index in [0.717, 1.165) is 50.6 Å². The van der Waals surface area contributed by atoms with Gasteiger partial charge in [-0.1, -0.05) is 35.3 Å². The number of amides is 1. The minimum Gasteiger partial charge on any atom is -0.396 e. The van der Waals surface area contributed by atoms with Crippen molar-refractivity contribution in [3.8, 4) is 0 Å². The Hall–Kier alpha value is -0.770. The second kappa shape index (κ2) is 6.19. The van der Waals surface area contributed by atoms with Crippen LogP contribution in [0.4, 0.5) is 0 Å². The molecule has 2 atom stereocenters. The standard InChI is InChI=1S/C19H23Cl2NO2/c20-16-3-1-2-13(17(16)21)14-10-15(14)18(24)22-9-8-19(22)6-4-12(11-23)5-7-19/h1-3,12,14-15,23H,4-11H2. The van der Waals surface area contributed by atoms with Crippen molar-refractivity contribution in [3.05, 3.63) is 33.8 Å². The third-order valence-electron chi connectivity index (χ3n) is 6.42. The first-order valence-electron chi connectivity index (χ1n) is 8.92. The van der Waals surface area contributed by atoms with Gasteiger partial charge in [-0.05, 0) is 62.0 Å². The summed E-state index contributed by atoms with van der Waals surface area (Å²) in [4.78, 5) is 15.1. The first kappa shape index (κ1) is 16.7. The van der Waals surface area contributed by atoms with Crippen LogP contribution in [0.2, 0.25) is 10.0 Å². The summed E-state index contributed by atoms with van der Waals surface area (Å²) in [7, 11) is 0. The van der Waals surface area contributed by atoms with Gasteiger partial charge in [0.2, 0.25) is 5.91 Å². The molecule has 1 N–H and O–H groups in total. The van der Waals surface area contributed by atoms with Crippen molar-refractivity contribution in [2.24, 2.45) is 11.8 Å². The summed E-state index contributed by atoms with van der Waals surface area (Å²) >= 11 is 12.4. The topological polar surface area (TPSA) is 40.5 Å². The molecule has 0 radical (unpaired) electrons. The van der Waals surface area contributed by atoms with Crippen LogP contribution in [-0.2, 0) is 4.79 Å². The third kappa shape index (κ3) is 2.65. The summed E-state index contributed by atoms with van der Waals surface area (Å²) in [5, 5.41) is 10.5. The van der Waals surface area contributed by atoms with Crippen molar-refractivity contribution in [2.45, 2.75) is 50.0 Å². The summed E-state index contributed by atoms with van der Waals surface area (Å²) in [6.07, 6.45) is 6.15. The van der Waals surface area contributed by atoms with Crippen LogP contribution in [0.15, 0.2) is 18.2 Å². The number of hydrogen-bond donors (Lipinski definition) is 1. The highest BCUT2D eigenvalue weighted by Gasteiger charge is 2.55. The van der Waals surface area contributed by atoms with Crippen LogP contribution in [0.3, 0.4) is 0 Å². The quantitative estimate of drug-likeness (QED) is 0.867. The van der Waals surface area contributed by atoms with E-state index in [1.807, 2.05) is 12.1 Å².